The van der Waals surface area contributed by atoms with Gasteiger partial charge in [0.2, 0.25) is 0 Å². The van der Waals surface area contributed by atoms with Crippen LogP contribution in [0.25, 0.3) is 10.9 Å². The second-order valence-corrected chi connectivity index (χ2v) is 6.59. The number of hydrogen-bond acceptors (Lipinski definition) is 3. The summed E-state index contributed by atoms with van der Waals surface area (Å²) in [6.07, 6.45) is 2.41. The molecule has 2 aromatic rings. The smallest absolute Gasteiger partial charge is 0.272 e. The fraction of sp³-hybridized carbons (Fsp3) is 0.412. The molecule has 2 aliphatic rings. The summed E-state index contributed by atoms with van der Waals surface area (Å²) < 4.78 is 0. The molecule has 0 spiro atoms. The number of likely N-dealkylation sites (tertiary alicyclic amines) is 1. The summed E-state index contributed by atoms with van der Waals surface area (Å²) in [5, 5.41) is 5.07. The molecule has 122 valence electrons. The van der Waals surface area contributed by atoms with Crippen LogP contribution >= 0.6 is 24.0 Å². The number of hydrogen-bond donors (Lipinski definition) is 1. The van der Waals surface area contributed by atoms with Gasteiger partial charge in [-0.2, -0.15) is 0 Å². The zero-order valence-corrected chi connectivity index (χ0v) is 14.2. The minimum absolute atomic E-state index is 0. The second-order valence-electron chi connectivity index (χ2n) is 6.18. The number of nitrogens with zero attached hydrogens (tertiary/aromatic N) is 2. The third kappa shape index (κ3) is 3.03. The van der Waals surface area contributed by atoms with Crippen molar-refractivity contribution in [2.75, 3.05) is 19.6 Å². The molecule has 6 heteroatoms. The third-order valence-corrected chi connectivity index (χ3v) is 5.08. The van der Waals surface area contributed by atoms with Crippen LogP contribution < -0.4 is 5.32 Å². The van der Waals surface area contributed by atoms with E-state index >= 15 is 0 Å². The normalized spacial score (nSPS) is 23.4. The van der Waals surface area contributed by atoms with Gasteiger partial charge in [0.1, 0.15) is 5.69 Å². The summed E-state index contributed by atoms with van der Waals surface area (Å²) in [6, 6.07) is 9.82. The summed E-state index contributed by atoms with van der Waals surface area (Å²) in [5.41, 5.74) is 1.18. The first-order chi connectivity index (χ1) is 10.7. The number of rotatable bonds is 1. The standard InChI is InChI=1S/C17H18ClN3O.ClH/c18-13-5-1-3-11-6-7-14(20-16(11)13)17(22)21-9-12-4-2-8-19-15(12)10-21;/h1,3,5-7,12,15,19H,2,4,8-10H2;1H/t12-,15+;/m0./s1. The molecule has 1 aromatic heterocycles. The Bertz CT molecular complexity index is 723. The molecule has 1 amide bonds. The molecule has 4 rings (SSSR count). The van der Waals surface area contributed by atoms with E-state index in [0.29, 0.717) is 28.2 Å². The van der Waals surface area contributed by atoms with Gasteiger partial charge >= 0.3 is 0 Å². The molecule has 1 N–H and O–H groups in total. The quantitative estimate of drug-likeness (QED) is 0.858. The van der Waals surface area contributed by atoms with Gasteiger partial charge < -0.3 is 10.2 Å². The summed E-state index contributed by atoms with van der Waals surface area (Å²) in [4.78, 5) is 19.2. The van der Waals surface area contributed by atoms with Crippen molar-refractivity contribution >= 4 is 40.8 Å². The summed E-state index contributed by atoms with van der Waals surface area (Å²) in [6.45, 7) is 2.68. The number of benzene rings is 1. The van der Waals surface area contributed by atoms with E-state index < -0.39 is 0 Å². The number of nitrogens with one attached hydrogen (secondary N) is 1. The maximum Gasteiger partial charge on any atom is 0.272 e. The van der Waals surface area contributed by atoms with E-state index in [1.807, 2.05) is 23.1 Å². The van der Waals surface area contributed by atoms with Gasteiger partial charge in [-0.3, -0.25) is 4.79 Å². The minimum Gasteiger partial charge on any atom is -0.335 e. The Labute approximate surface area is 146 Å². The van der Waals surface area contributed by atoms with Gasteiger partial charge in [0.25, 0.3) is 5.91 Å². The highest BCUT2D eigenvalue weighted by atomic mass is 35.5. The first-order valence-electron chi connectivity index (χ1n) is 7.80. The molecule has 1 aromatic carbocycles. The van der Waals surface area contributed by atoms with Crippen molar-refractivity contribution < 1.29 is 4.79 Å². The van der Waals surface area contributed by atoms with Gasteiger partial charge in [0.05, 0.1) is 10.5 Å². The van der Waals surface area contributed by atoms with Crippen molar-refractivity contribution in [1.82, 2.24) is 15.2 Å². The Morgan fingerprint density at radius 2 is 2.13 bits per heavy atom. The number of amides is 1. The Morgan fingerprint density at radius 1 is 1.26 bits per heavy atom. The van der Waals surface area contributed by atoms with Crippen LogP contribution in [0, 0.1) is 5.92 Å². The molecule has 2 aliphatic heterocycles. The molecule has 2 fully saturated rings. The number of fused-ring (bicyclic) bond motifs is 2. The topological polar surface area (TPSA) is 45.2 Å². The lowest BCUT2D eigenvalue weighted by atomic mass is 9.94. The van der Waals surface area contributed by atoms with Crippen molar-refractivity contribution in [2.45, 2.75) is 18.9 Å². The minimum atomic E-state index is 0. The molecule has 0 bridgehead atoms. The molecule has 0 saturated carbocycles. The highest BCUT2D eigenvalue weighted by Crippen LogP contribution is 2.27. The largest absolute Gasteiger partial charge is 0.335 e. The van der Waals surface area contributed by atoms with Crippen LogP contribution in [0.3, 0.4) is 0 Å². The fourth-order valence-corrected chi connectivity index (χ4v) is 3.83. The number of halogens is 2. The lowest BCUT2D eigenvalue weighted by Crippen LogP contribution is -2.41. The van der Waals surface area contributed by atoms with Crippen molar-refractivity contribution in [3.63, 3.8) is 0 Å². The van der Waals surface area contributed by atoms with Crippen molar-refractivity contribution in [3.05, 3.63) is 41.0 Å². The molecule has 4 nitrogen and oxygen atoms in total. The van der Waals surface area contributed by atoms with Gasteiger partial charge in [0, 0.05) is 24.5 Å². The number of carbonyl (C=O) groups is 1. The second kappa shape index (κ2) is 6.63. The Balaban J connectivity index is 0.00000156. The van der Waals surface area contributed by atoms with Gasteiger partial charge in [0.15, 0.2) is 0 Å². The maximum absolute atomic E-state index is 12.7. The van der Waals surface area contributed by atoms with E-state index in [2.05, 4.69) is 10.3 Å². The Morgan fingerprint density at radius 3 is 2.96 bits per heavy atom. The molecule has 23 heavy (non-hydrogen) atoms. The monoisotopic (exact) mass is 351 g/mol. The zero-order chi connectivity index (χ0) is 15.1. The summed E-state index contributed by atoms with van der Waals surface area (Å²) in [7, 11) is 0. The fourth-order valence-electron chi connectivity index (χ4n) is 3.60. The number of para-hydroxylation sites is 1. The maximum atomic E-state index is 12.7. The summed E-state index contributed by atoms with van der Waals surface area (Å²) in [5.74, 6) is 0.597. The van der Waals surface area contributed by atoms with Crippen LogP contribution in [0.4, 0.5) is 0 Å². The van der Waals surface area contributed by atoms with Crippen molar-refractivity contribution in [2.24, 2.45) is 5.92 Å². The van der Waals surface area contributed by atoms with E-state index in [1.54, 1.807) is 12.1 Å². The molecule has 0 aliphatic carbocycles. The van der Waals surface area contributed by atoms with E-state index in [-0.39, 0.29) is 18.3 Å². The number of aromatic nitrogens is 1. The molecule has 2 atom stereocenters. The lowest BCUT2D eigenvalue weighted by molar-refractivity contribution is 0.0780. The molecule has 0 radical (unpaired) electrons. The average Bonchev–Trinajstić information content (AvgIpc) is 2.98. The highest BCUT2D eigenvalue weighted by Gasteiger charge is 2.36. The number of piperidine rings is 1. The molecular formula is C17H19Cl2N3O. The van der Waals surface area contributed by atoms with Crippen LogP contribution in [0.5, 0.6) is 0 Å². The SMILES string of the molecule is Cl.O=C(c1ccc2cccc(Cl)c2n1)N1C[C@@H]2CCCN[C@@H]2C1. The zero-order valence-electron chi connectivity index (χ0n) is 12.7. The number of carbonyl (C=O) groups excluding carboxylic acids is 1. The molecule has 3 heterocycles. The predicted molar refractivity (Wildman–Crippen MR) is 94.4 cm³/mol. The average molecular weight is 352 g/mol. The van der Waals surface area contributed by atoms with Crippen molar-refractivity contribution in [3.8, 4) is 0 Å². The summed E-state index contributed by atoms with van der Waals surface area (Å²) >= 11 is 6.20. The van der Waals surface area contributed by atoms with Gasteiger partial charge in [-0.1, -0.05) is 29.8 Å². The first-order valence-corrected chi connectivity index (χ1v) is 8.18. The van der Waals surface area contributed by atoms with Crippen LogP contribution in [0.15, 0.2) is 30.3 Å². The van der Waals surface area contributed by atoms with E-state index in [4.69, 9.17) is 11.6 Å². The van der Waals surface area contributed by atoms with Gasteiger partial charge in [-0.15, -0.1) is 12.4 Å². The highest BCUT2D eigenvalue weighted by molar-refractivity contribution is 6.35. The molecular weight excluding hydrogens is 333 g/mol. The first kappa shape index (κ1) is 16.5. The van der Waals surface area contributed by atoms with E-state index in [0.717, 1.165) is 25.0 Å². The van der Waals surface area contributed by atoms with Crippen molar-refractivity contribution in [1.29, 1.82) is 0 Å². The van der Waals surface area contributed by atoms with E-state index in [9.17, 15) is 4.79 Å². The van der Waals surface area contributed by atoms with Gasteiger partial charge in [-0.05, 0) is 37.4 Å². The predicted octanol–water partition coefficient (Wildman–Crippen LogP) is 3.13. The van der Waals surface area contributed by atoms with E-state index in [1.165, 1.54) is 12.8 Å². The third-order valence-electron chi connectivity index (χ3n) is 4.78. The Kier molecular flexibility index (Phi) is 4.76. The molecule has 0 unspecified atom stereocenters. The van der Waals surface area contributed by atoms with Crippen LogP contribution in [-0.2, 0) is 0 Å². The van der Waals surface area contributed by atoms with Crippen LogP contribution in [0.2, 0.25) is 5.02 Å². The van der Waals surface area contributed by atoms with Gasteiger partial charge in [-0.25, -0.2) is 4.98 Å². The molecule has 2 saturated heterocycles. The van der Waals surface area contributed by atoms with Crippen LogP contribution in [-0.4, -0.2) is 41.5 Å². The van der Waals surface area contributed by atoms with Crippen LogP contribution in [0.1, 0.15) is 23.3 Å². The number of pyridine rings is 1. The Hall–Kier alpha value is -1.36. The lowest BCUT2D eigenvalue weighted by Gasteiger charge is -2.24.